The fourth-order valence-electron chi connectivity index (χ4n) is 1.67. The molecular weight excluding hydrogens is 314 g/mol. The molecule has 0 unspecified atom stereocenters. The first-order valence-corrected chi connectivity index (χ1v) is 7.76. The van der Waals surface area contributed by atoms with Crippen LogP contribution in [-0.2, 0) is 10.1 Å². The standard InChI is InChI=1S/C11H19F5O3S.Li/c12-10(13,14)8-6-4-2-1-3-5-7-9-11(15,16)20(17,18)19;/h1-9H2,(H,17,18,19);/q;+1/p-1. The van der Waals surface area contributed by atoms with Gasteiger partial charge in [0.05, 0.1) is 0 Å². The Bertz CT molecular complexity index is 371. The molecule has 0 rings (SSSR count). The van der Waals surface area contributed by atoms with E-state index in [-0.39, 0.29) is 31.7 Å². The largest absolute Gasteiger partial charge is 1.00 e. The second-order valence-electron chi connectivity index (χ2n) is 4.68. The van der Waals surface area contributed by atoms with Gasteiger partial charge in [0.2, 0.25) is 0 Å². The van der Waals surface area contributed by atoms with Crippen molar-refractivity contribution in [3.05, 3.63) is 0 Å². The van der Waals surface area contributed by atoms with E-state index in [1.165, 1.54) is 0 Å². The van der Waals surface area contributed by atoms with E-state index in [1.807, 2.05) is 0 Å². The fraction of sp³-hybridized carbons (Fsp3) is 1.00. The van der Waals surface area contributed by atoms with Crippen LogP contribution in [0.4, 0.5) is 22.0 Å². The van der Waals surface area contributed by atoms with E-state index in [0.29, 0.717) is 32.1 Å². The molecule has 122 valence electrons. The summed E-state index contributed by atoms with van der Waals surface area (Å²) in [5, 5.41) is -4.24. The SMILES string of the molecule is O=S(=O)([O-])C(F)(F)CCCCCCCCCC(F)(F)F.[Li+]. The molecule has 0 heterocycles. The molecule has 0 spiro atoms. The first-order chi connectivity index (χ1) is 8.96. The Balaban J connectivity index is 0. The number of hydrogen-bond donors (Lipinski definition) is 0. The Hall–Kier alpha value is 0.157. The molecule has 0 aromatic heterocycles. The average Bonchev–Trinajstić information content (AvgIpc) is 2.23. The minimum absolute atomic E-state index is 0. The van der Waals surface area contributed by atoms with E-state index < -0.39 is 34.4 Å². The Morgan fingerprint density at radius 3 is 1.38 bits per heavy atom. The summed E-state index contributed by atoms with van der Waals surface area (Å²) < 4.78 is 91.3. The van der Waals surface area contributed by atoms with Crippen LogP contribution in [0.15, 0.2) is 0 Å². The van der Waals surface area contributed by atoms with Gasteiger partial charge in [-0.05, 0) is 12.8 Å². The molecule has 0 aromatic carbocycles. The molecule has 10 heteroatoms. The Labute approximate surface area is 133 Å². The summed E-state index contributed by atoms with van der Waals surface area (Å²) in [5.74, 6) is 0. The molecule has 0 aliphatic heterocycles. The number of halogens is 5. The summed E-state index contributed by atoms with van der Waals surface area (Å²) in [5.41, 5.74) is 0. The van der Waals surface area contributed by atoms with Crippen LogP contribution in [0.2, 0.25) is 0 Å². The van der Waals surface area contributed by atoms with Crippen LogP contribution in [0.1, 0.15) is 57.8 Å². The van der Waals surface area contributed by atoms with Crippen LogP contribution < -0.4 is 18.9 Å². The van der Waals surface area contributed by atoms with Crippen molar-refractivity contribution < 1.29 is 53.8 Å². The van der Waals surface area contributed by atoms with Gasteiger partial charge in [-0.1, -0.05) is 32.1 Å². The van der Waals surface area contributed by atoms with Crippen LogP contribution in [-0.4, -0.2) is 24.4 Å². The molecule has 0 amide bonds. The predicted molar refractivity (Wildman–Crippen MR) is 62.3 cm³/mol. The van der Waals surface area contributed by atoms with Gasteiger partial charge >= 0.3 is 30.3 Å². The zero-order valence-corrected chi connectivity index (χ0v) is 12.7. The summed E-state index contributed by atoms with van der Waals surface area (Å²) in [7, 11) is -5.61. The zero-order chi connectivity index (χ0) is 15.9. The monoisotopic (exact) mass is 332 g/mol. The van der Waals surface area contributed by atoms with E-state index in [1.54, 1.807) is 0 Å². The minimum atomic E-state index is -5.61. The minimum Gasteiger partial charge on any atom is -0.743 e. The van der Waals surface area contributed by atoms with E-state index in [0.717, 1.165) is 0 Å². The molecule has 0 saturated heterocycles. The molecule has 3 nitrogen and oxygen atoms in total. The van der Waals surface area contributed by atoms with E-state index in [9.17, 15) is 34.9 Å². The quantitative estimate of drug-likeness (QED) is 0.261. The van der Waals surface area contributed by atoms with Gasteiger partial charge in [0.15, 0.2) is 10.1 Å². The first-order valence-electron chi connectivity index (χ1n) is 6.36. The fourth-order valence-corrected chi connectivity index (χ4v) is 2.06. The van der Waals surface area contributed by atoms with Crippen molar-refractivity contribution in [3.63, 3.8) is 0 Å². The van der Waals surface area contributed by atoms with Crippen molar-refractivity contribution in [2.75, 3.05) is 0 Å². The van der Waals surface area contributed by atoms with Crippen molar-refractivity contribution in [1.29, 1.82) is 0 Å². The molecule has 0 bridgehead atoms. The smallest absolute Gasteiger partial charge is 0.743 e. The molecule has 0 atom stereocenters. The summed E-state index contributed by atoms with van der Waals surface area (Å²) in [6.45, 7) is 0. The zero-order valence-electron chi connectivity index (χ0n) is 11.9. The normalized spacial score (nSPS) is 13.0. The molecule has 0 aromatic rings. The van der Waals surface area contributed by atoms with Crippen LogP contribution in [0, 0.1) is 0 Å². The van der Waals surface area contributed by atoms with Gasteiger partial charge in [0, 0.05) is 12.8 Å². The van der Waals surface area contributed by atoms with E-state index in [4.69, 9.17) is 0 Å². The second-order valence-corrected chi connectivity index (χ2v) is 6.19. The van der Waals surface area contributed by atoms with Gasteiger partial charge in [-0.2, -0.15) is 22.0 Å². The maximum absolute atomic E-state index is 12.7. The van der Waals surface area contributed by atoms with Crippen molar-refractivity contribution in [1.82, 2.24) is 0 Å². The number of rotatable bonds is 10. The number of unbranched alkanes of at least 4 members (excludes halogenated alkanes) is 6. The maximum Gasteiger partial charge on any atom is 1.00 e. The Morgan fingerprint density at radius 1 is 0.714 bits per heavy atom. The molecule has 0 aliphatic carbocycles. The van der Waals surface area contributed by atoms with Gasteiger partial charge in [0.1, 0.15) is 0 Å². The predicted octanol–water partition coefficient (Wildman–Crippen LogP) is 1.20. The van der Waals surface area contributed by atoms with Crippen molar-refractivity contribution in [3.8, 4) is 0 Å². The van der Waals surface area contributed by atoms with Crippen LogP contribution >= 0.6 is 0 Å². The third kappa shape index (κ3) is 12.4. The van der Waals surface area contributed by atoms with E-state index >= 15 is 0 Å². The van der Waals surface area contributed by atoms with Gasteiger partial charge < -0.3 is 4.55 Å². The summed E-state index contributed by atoms with van der Waals surface area (Å²) in [6, 6.07) is 0. The Kier molecular flexibility index (Phi) is 11.2. The van der Waals surface area contributed by atoms with E-state index in [2.05, 4.69) is 0 Å². The second kappa shape index (κ2) is 10.0. The van der Waals surface area contributed by atoms with Crippen molar-refractivity contribution >= 4 is 10.1 Å². The molecule has 0 aliphatic rings. The van der Waals surface area contributed by atoms with Crippen LogP contribution in [0.3, 0.4) is 0 Å². The number of alkyl halides is 5. The molecule has 21 heavy (non-hydrogen) atoms. The molecule has 0 saturated carbocycles. The third-order valence-corrected chi connectivity index (χ3v) is 3.73. The summed E-state index contributed by atoms with van der Waals surface area (Å²) in [4.78, 5) is 0. The van der Waals surface area contributed by atoms with Gasteiger partial charge in [0.25, 0.3) is 0 Å². The topological polar surface area (TPSA) is 57.2 Å². The van der Waals surface area contributed by atoms with Crippen molar-refractivity contribution in [2.24, 2.45) is 0 Å². The van der Waals surface area contributed by atoms with Gasteiger partial charge in [-0.25, -0.2) is 8.42 Å². The molecule has 0 N–H and O–H groups in total. The molecular formula is C11H18F5LiO3S. The Morgan fingerprint density at radius 2 is 1.05 bits per heavy atom. The van der Waals surface area contributed by atoms with Gasteiger partial charge in [-0.15, -0.1) is 0 Å². The van der Waals surface area contributed by atoms with Crippen LogP contribution in [0.5, 0.6) is 0 Å². The van der Waals surface area contributed by atoms with Crippen molar-refractivity contribution in [2.45, 2.75) is 69.2 Å². The first kappa shape index (κ1) is 23.4. The average molecular weight is 332 g/mol. The summed E-state index contributed by atoms with van der Waals surface area (Å²) in [6.07, 6.45) is -3.56. The maximum atomic E-state index is 12.7. The van der Waals surface area contributed by atoms with Gasteiger partial charge in [-0.3, -0.25) is 0 Å². The summed E-state index contributed by atoms with van der Waals surface area (Å²) >= 11 is 0. The molecule has 0 radical (unpaired) electrons. The van der Waals surface area contributed by atoms with Crippen LogP contribution in [0.25, 0.3) is 0 Å². The number of hydrogen-bond acceptors (Lipinski definition) is 3. The molecule has 0 fully saturated rings. The third-order valence-electron chi connectivity index (χ3n) is 2.79.